The van der Waals surface area contributed by atoms with Crippen LogP contribution in [0.1, 0.15) is 22.3 Å². The van der Waals surface area contributed by atoms with E-state index in [0.29, 0.717) is 0 Å². The van der Waals surface area contributed by atoms with Gasteiger partial charge < -0.3 is 20.6 Å². The van der Waals surface area contributed by atoms with Gasteiger partial charge in [-0.3, -0.25) is 4.79 Å². The van der Waals surface area contributed by atoms with Crippen molar-refractivity contribution in [3.8, 4) is 5.75 Å². The predicted octanol–water partition coefficient (Wildman–Crippen LogP) is 0.266. The second-order valence-electron chi connectivity index (χ2n) is 3.90. The fourth-order valence-electron chi connectivity index (χ4n) is 1.45. The summed E-state index contributed by atoms with van der Waals surface area (Å²) in [4.78, 5) is 22.6. The van der Waals surface area contributed by atoms with E-state index in [-0.39, 0.29) is 24.3 Å². The zero-order chi connectivity index (χ0) is 13.7. The maximum atomic E-state index is 11.8. The summed E-state index contributed by atoms with van der Waals surface area (Å²) in [6, 6.07) is 3.28. The quantitative estimate of drug-likeness (QED) is 0.602. The smallest absolute Gasteiger partial charge is 0.326 e. The van der Waals surface area contributed by atoms with Crippen LogP contribution in [0.5, 0.6) is 5.75 Å². The van der Waals surface area contributed by atoms with Gasteiger partial charge in [0.05, 0.1) is 5.56 Å². The van der Waals surface area contributed by atoms with E-state index in [1.165, 1.54) is 12.1 Å². The van der Waals surface area contributed by atoms with Crippen LogP contribution in [0.2, 0.25) is 0 Å². The topological polar surface area (TPSA) is 107 Å². The van der Waals surface area contributed by atoms with Crippen LogP contribution in [0.4, 0.5) is 0 Å². The Labute approximate surface area is 104 Å². The van der Waals surface area contributed by atoms with Gasteiger partial charge in [0.25, 0.3) is 5.91 Å². The van der Waals surface area contributed by atoms with Crippen molar-refractivity contribution in [2.24, 2.45) is 0 Å². The first-order valence-electron chi connectivity index (χ1n) is 5.40. The van der Waals surface area contributed by atoms with Gasteiger partial charge >= 0.3 is 5.97 Å². The van der Waals surface area contributed by atoms with E-state index in [4.69, 9.17) is 10.2 Å². The Bertz CT molecular complexity index is 458. The molecule has 0 aliphatic heterocycles. The molecule has 0 aliphatic rings. The average Bonchev–Trinajstić information content (AvgIpc) is 2.31. The summed E-state index contributed by atoms with van der Waals surface area (Å²) < 4.78 is 0. The van der Waals surface area contributed by atoms with Crippen LogP contribution < -0.4 is 5.32 Å². The van der Waals surface area contributed by atoms with Crippen molar-refractivity contribution in [2.45, 2.75) is 19.4 Å². The van der Waals surface area contributed by atoms with Gasteiger partial charge in [-0.2, -0.15) is 0 Å². The molecule has 18 heavy (non-hydrogen) atoms. The number of carboxylic acid groups (broad SMARTS) is 1. The van der Waals surface area contributed by atoms with Crippen LogP contribution in [0, 0.1) is 6.92 Å². The van der Waals surface area contributed by atoms with E-state index in [2.05, 4.69) is 5.32 Å². The number of phenolic OH excluding ortho intramolecular Hbond substituents is 1. The highest BCUT2D eigenvalue weighted by atomic mass is 16.4. The van der Waals surface area contributed by atoms with Gasteiger partial charge in [0.15, 0.2) is 0 Å². The molecule has 0 spiro atoms. The number of nitrogens with one attached hydrogen (secondary N) is 1. The number of carboxylic acids is 1. The molecule has 6 heteroatoms. The summed E-state index contributed by atoms with van der Waals surface area (Å²) in [5, 5.41) is 29.3. The third kappa shape index (κ3) is 3.46. The van der Waals surface area contributed by atoms with Gasteiger partial charge in [0, 0.05) is 13.0 Å². The number of aliphatic hydroxyl groups excluding tert-OH is 1. The molecule has 0 fully saturated rings. The number of hydrogen-bond donors (Lipinski definition) is 4. The lowest BCUT2D eigenvalue weighted by atomic mass is 10.1. The van der Waals surface area contributed by atoms with E-state index in [1.54, 1.807) is 13.0 Å². The second-order valence-corrected chi connectivity index (χ2v) is 3.90. The molecule has 0 heterocycles. The van der Waals surface area contributed by atoms with E-state index in [0.717, 1.165) is 5.56 Å². The minimum Gasteiger partial charge on any atom is -0.507 e. The zero-order valence-corrected chi connectivity index (χ0v) is 9.88. The molecule has 1 unspecified atom stereocenters. The fraction of sp³-hybridized carbons (Fsp3) is 0.333. The Hall–Kier alpha value is -2.08. The molecule has 0 saturated carbocycles. The van der Waals surface area contributed by atoms with E-state index >= 15 is 0 Å². The average molecular weight is 253 g/mol. The highest BCUT2D eigenvalue weighted by molar-refractivity contribution is 5.98. The molecule has 1 atom stereocenters. The Morgan fingerprint density at radius 2 is 2.06 bits per heavy atom. The van der Waals surface area contributed by atoms with E-state index in [1.807, 2.05) is 0 Å². The van der Waals surface area contributed by atoms with Crippen molar-refractivity contribution >= 4 is 11.9 Å². The monoisotopic (exact) mass is 253 g/mol. The molecule has 0 aliphatic carbocycles. The SMILES string of the molecule is Cc1ccc(O)c(C(=O)NC(CCO)C(=O)O)c1. The van der Waals surface area contributed by atoms with Crippen LogP contribution in [0.15, 0.2) is 18.2 Å². The first-order chi connectivity index (χ1) is 8.45. The molecule has 4 N–H and O–H groups in total. The second kappa shape index (κ2) is 6.02. The maximum Gasteiger partial charge on any atom is 0.326 e. The Morgan fingerprint density at radius 1 is 1.39 bits per heavy atom. The standard InChI is InChI=1S/C12H15NO5/c1-7-2-3-10(15)8(6-7)11(16)13-9(4-5-14)12(17)18/h2-3,6,9,14-15H,4-5H2,1H3,(H,13,16)(H,17,18). The molecule has 0 saturated heterocycles. The van der Waals surface area contributed by atoms with Crippen LogP contribution in [0.25, 0.3) is 0 Å². The lowest BCUT2D eigenvalue weighted by molar-refractivity contribution is -0.139. The zero-order valence-electron chi connectivity index (χ0n) is 9.88. The molecular weight excluding hydrogens is 238 g/mol. The minimum atomic E-state index is -1.23. The number of aliphatic hydroxyl groups is 1. The maximum absolute atomic E-state index is 11.8. The van der Waals surface area contributed by atoms with Crippen molar-refractivity contribution in [1.29, 1.82) is 0 Å². The highest BCUT2D eigenvalue weighted by Crippen LogP contribution is 2.18. The molecule has 1 aromatic carbocycles. The largest absolute Gasteiger partial charge is 0.507 e. The lowest BCUT2D eigenvalue weighted by Gasteiger charge is -2.14. The van der Waals surface area contributed by atoms with Crippen molar-refractivity contribution in [2.75, 3.05) is 6.61 Å². The van der Waals surface area contributed by atoms with Crippen molar-refractivity contribution in [3.63, 3.8) is 0 Å². The number of rotatable bonds is 5. The molecular formula is C12H15NO5. The molecule has 6 nitrogen and oxygen atoms in total. The number of amides is 1. The molecule has 1 amide bonds. The van der Waals surface area contributed by atoms with Gasteiger partial charge in [-0.25, -0.2) is 4.79 Å². The third-order valence-corrected chi connectivity index (χ3v) is 2.42. The number of aromatic hydroxyl groups is 1. The third-order valence-electron chi connectivity index (χ3n) is 2.42. The summed E-state index contributed by atoms with van der Waals surface area (Å²) in [5.41, 5.74) is 0.783. The fourth-order valence-corrected chi connectivity index (χ4v) is 1.45. The summed E-state index contributed by atoms with van der Waals surface area (Å²) in [6.07, 6.45) is -0.0896. The number of phenols is 1. The van der Waals surface area contributed by atoms with E-state index < -0.39 is 17.9 Å². The normalized spacial score (nSPS) is 11.9. The Balaban J connectivity index is 2.86. The summed E-state index contributed by atoms with van der Waals surface area (Å²) in [6.45, 7) is 1.40. The van der Waals surface area contributed by atoms with Crippen LogP contribution in [0.3, 0.4) is 0 Å². The first-order valence-corrected chi connectivity index (χ1v) is 5.40. The summed E-state index contributed by atoms with van der Waals surface area (Å²) >= 11 is 0. The Morgan fingerprint density at radius 3 is 2.61 bits per heavy atom. The highest BCUT2D eigenvalue weighted by Gasteiger charge is 2.21. The number of carbonyl (C=O) groups excluding carboxylic acids is 1. The van der Waals surface area contributed by atoms with Gasteiger partial charge in [-0.1, -0.05) is 11.6 Å². The number of aliphatic carboxylic acids is 1. The Kier molecular flexibility index (Phi) is 4.67. The molecule has 98 valence electrons. The number of benzene rings is 1. The molecule has 0 radical (unpaired) electrons. The van der Waals surface area contributed by atoms with Crippen LogP contribution >= 0.6 is 0 Å². The first kappa shape index (κ1) is 14.0. The predicted molar refractivity (Wildman–Crippen MR) is 63.4 cm³/mol. The van der Waals surface area contributed by atoms with Gasteiger partial charge in [0.2, 0.25) is 0 Å². The van der Waals surface area contributed by atoms with Crippen molar-refractivity contribution in [3.05, 3.63) is 29.3 Å². The molecule has 0 bridgehead atoms. The van der Waals surface area contributed by atoms with E-state index in [9.17, 15) is 14.7 Å². The lowest BCUT2D eigenvalue weighted by Crippen LogP contribution is -2.41. The van der Waals surface area contributed by atoms with Gasteiger partial charge in [-0.05, 0) is 19.1 Å². The minimum absolute atomic E-state index is 0.0131. The molecule has 0 aromatic heterocycles. The van der Waals surface area contributed by atoms with Gasteiger partial charge in [-0.15, -0.1) is 0 Å². The van der Waals surface area contributed by atoms with Crippen molar-refractivity contribution in [1.82, 2.24) is 5.32 Å². The number of carbonyl (C=O) groups is 2. The van der Waals surface area contributed by atoms with Crippen LogP contribution in [-0.2, 0) is 4.79 Å². The van der Waals surface area contributed by atoms with Crippen LogP contribution in [-0.4, -0.2) is 39.8 Å². The number of hydrogen-bond acceptors (Lipinski definition) is 4. The van der Waals surface area contributed by atoms with Crippen molar-refractivity contribution < 1.29 is 24.9 Å². The summed E-state index contributed by atoms with van der Waals surface area (Å²) in [5.74, 6) is -2.13. The molecule has 1 aromatic rings. The summed E-state index contributed by atoms with van der Waals surface area (Å²) in [7, 11) is 0. The van der Waals surface area contributed by atoms with Gasteiger partial charge in [0.1, 0.15) is 11.8 Å². The number of aryl methyl sites for hydroxylation is 1. The molecule has 1 rings (SSSR count).